The molecular formula is C34H40FN5O3. The molecule has 1 fully saturated rings. The fraction of sp³-hybridized carbons (Fsp3) is 0.471. The molecule has 43 heavy (non-hydrogen) atoms. The zero-order chi connectivity index (χ0) is 30.7. The number of hydrogen-bond acceptors (Lipinski definition) is 6. The number of nitriles is 1. The van der Waals surface area contributed by atoms with E-state index in [0.717, 1.165) is 37.8 Å². The molecule has 2 aromatic carbocycles. The Morgan fingerprint density at radius 1 is 1.16 bits per heavy atom. The van der Waals surface area contributed by atoms with Gasteiger partial charge in [-0.3, -0.25) is 9.36 Å². The molecule has 1 N–H and O–H groups in total. The first-order chi connectivity index (χ1) is 20.7. The van der Waals surface area contributed by atoms with Gasteiger partial charge in [0.15, 0.2) is 0 Å². The summed E-state index contributed by atoms with van der Waals surface area (Å²) < 4.78 is 25.4. The average Bonchev–Trinajstić information content (AvgIpc) is 3.48. The van der Waals surface area contributed by atoms with Crippen LogP contribution in [0.2, 0.25) is 0 Å². The van der Waals surface area contributed by atoms with E-state index in [1.165, 1.54) is 12.4 Å². The van der Waals surface area contributed by atoms with E-state index < -0.39 is 11.4 Å². The molecule has 0 spiro atoms. The molecule has 5 rings (SSSR count). The molecule has 1 atom stereocenters. The molecule has 0 radical (unpaired) electrons. The van der Waals surface area contributed by atoms with Crippen molar-refractivity contribution in [3.63, 3.8) is 0 Å². The van der Waals surface area contributed by atoms with Gasteiger partial charge in [-0.15, -0.1) is 0 Å². The van der Waals surface area contributed by atoms with Gasteiger partial charge in [-0.05, 0) is 81.2 Å². The van der Waals surface area contributed by atoms with E-state index in [2.05, 4.69) is 16.2 Å². The van der Waals surface area contributed by atoms with Crippen LogP contribution in [-0.4, -0.2) is 42.1 Å². The molecule has 4 aromatic rings. The van der Waals surface area contributed by atoms with Gasteiger partial charge in [0.2, 0.25) is 5.78 Å². The molecule has 1 aliphatic rings. The summed E-state index contributed by atoms with van der Waals surface area (Å²) in [5.41, 5.74) is 2.36. The Bertz CT molecular complexity index is 1690. The number of nitrogens with zero attached hydrogens (tertiary/aromatic N) is 5. The van der Waals surface area contributed by atoms with Crippen LogP contribution < -0.4 is 5.56 Å². The molecule has 9 heteroatoms. The van der Waals surface area contributed by atoms with Gasteiger partial charge < -0.3 is 9.84 Å². The number of halogens is 1. The highest BCUT2D eigenvalue weighted by molar-refractivity contribution is 5.70. The summed E-state index contributed by atoms with van der Waals surface area (Å²) in [6, 6.07) is 14.1. The number of ether oxygens (including phenoxy) is 1. The zero-order valence-electron chi connectivity index (χ0n) is 25.4. The fourth-order valence-electron chi connectivity index (χ4n) is 6.39. The molecule has 0 aliphatic heterocycles. The molecule has 1 unspecified atom stereocenters. The largest absolute Gasteiger partial charge is 0.388 e. The minimum Gasteiger partial charge on any atom is -0.388 e. The number of benzene rings is 2. The molecule has 226 valence electrons. The maximum atomic E-state index is 15.6. The van der Waals surface area contributed by atoms with Gasteiger partial charge in [0.1, 0.15) is 12.1 Å². The van der Waals surface area contributed by atoms with Crippen LogP contribution in [0.25, 0.3) is 16.9 Å². The predicted molar refractivity (Wildman–Crippen MR) is 163 cm³/mol. The second-order valence-corrected chi connectivity index (χ2v) is 12.1. The minimum absolute atomic E-state index is 0.00910. The molecule has 0 saturated heterocycles. The topological polar surface area (TPSA) is 105 Å². The van der Waals surface area contributed by atoms with E-state index >= 15 is 4.39 Å². The Kier molecular flexibility index (Phi) is 9.09. The average molecular weight is 586 g/mol. The van der Waals surface area contributed by atoms with Crippen molar-refractivity contribution in [3.05, 3.63) is 87.3 Å². The van der Waals surface area contributed by atoms with Gasteiger partial charge in [-0.25, -0.2) is 8.91 Å². The van der Waals surface area contributed by atoms with Crippen molar-refractivity contribution in [2.75, 3.05) is 0 Å². The quantitative estimate of drug-likeness (QED) is 0.239. The number of fused-ring (bicyclic) bond motifs is 1. The lowest BCUT2D eigenvalue weighted by atomic mass is 9.91. The van der Waals surface area contributed by atoms with Crippen molar-refractivity contribution in [2.24, 2.45) is 0 Å². The van der Waals surface area contributed by atoms with Crippen molar-refractivity contribution in [3.8, 4) is 17.2 Å². The first kappa shape index (κ1) is 30.6. The van der Waals surface area contributed by atoms with Gasteiger partial charge in [0.05, 0.1) is 35.1 Å². The van der Waals surface area contributed by atoms with E-state index in [1.807, 2.05) is 19.9 Å². The Morgan fingerprint density at radius 3 is 2.56 bits per heavy atom. The third-order valence-corrected chi connectivity index (χ3v) is 8.62. The monoisotopic (exact) mass is 585 g/mol. The first-order valence-corrected chi connectivity index (χ1v) is 15.3. The number of aryl methyl sites for hydroxylation is 1. The van der Waals surface area contributed by atoms with E-state index in [1.54, 1.807) is 53.3 Å². The molecular weight excluding hydrogens is 545 g/mol. The molecule has 0 bridgehead atoms. The Morgan fingerprint density at radius 2 is 1.91 bits per heavy atom. The summed E-state index contributed by atoms with van der Waals surface area (Å²) in [5.74, 6) is 0.0840. The van der Waals surface area contributed by atoms with Crippen LogP contribution in [0.15, 0.2) is 53.6 Å². The van der Waals surface area contributed by atoms with Crippen LogP contribution in [-0.2, 0) is 17.6 Å². The van der Waals surface area contributed by atoms with Crippen LogP contribution >= 0.6 is 0 Å². The lowest BCUT2D eigenvalue weighted by molar-refractivity contribution is -0.128. The Balaban J connectivity index is 1.48. The minimum atomic E-state index is -0.924. The Labute approximate surface area is 251 Å². The summed E-state index contributed by atoms with van der Waals surface area (Å²) in [5, 5.41) is 24.5. The third kappa shape index (κ3) is 6.27. The van der Waals surface area contributed by atoms with Crippen LogP contribution in [0.4, 0.5) is 4.39 Å². The van der Waals surface area contributed by atoms with Gasteiger partial charge >= 0.3 is 0 Å². The summed E-state index contributed by atoms with van der Waals surface area (Å²) >= 11 is 0. The van der Waals surface area contributed by atoms with Gasteiger partial charge in [0, 0.05) is 18.0 Å². The summed E-state index contributed by atoms with van der Waals surface area (Å²) in [4.78, 5) is 18.7. The van der Waals surface area contributed by atoms with Crippen molar-refractivity contribution < 1.29 is 14.2 Å². The standard InChI is InChI=1S/C34H40FN5O3/c1-5-9-30-28(18-23-13-12-22(19-29(23)35)27-11-8-7-10-24(27)20-36)32(41)39(33-37-21-38-40(30)33)25-14-16-26(17-15-25)43-31(6-2)34(3,4)42/h7-8,10-13,19,21,25-26,31,42H,5-6,9,14-18H2,1-4H3/t25-,26-,31?. The van der Waals surface area contributed by atoms with Gasteiger partial charge in [-0.1, -0.05) is 50.6 Å². The number of rotatable bonds is 10. The van der Waals surface area contributed by atoms with E-state index in [-0.39, 0.29) is 30.2 Å². The second kappa shape index (κ2) is 12.8. The second-order valence-electron chi connectivity index (χ2n) is 12.1. The van der Waals surface area contributed by atoms with Gasteiger partial charge in [0.25, 0.3) is 5.56 Å². The van der Waals surface area contributed by atoms with Crippen molar-refractivity contribution in [1.29, 1.82) is 5.26 Å². The molecule has 1 saturated carbocycles. The lowest BCUT2D eigenvalue weighted by Gasteiger charge is -2.36. The van der Waals surface area contributed by atoms with Crippen LogP contribution in [0.3, 0.4) is 0 Å². The van der Waals surface area contributed by atoms with Crippen LogP contribution in [0.1, 0.15) is 94.6 Å². The maximum Gasteiger partial charge on any atom is 0.259 e. The van der Waals surface area contributed by atoms with E-state index in [0.29, 0.717) is 46.4 Å². The lowest BCUT2D eigenvalue weighted by Crippen LogP contribution is -2.41. The first-order valence-electron chi connectivity index (χ1n) is 15.3. The van der Waals surface area contributed by atoms with E-state index in [9.17, 15) is 15.2 Å². The van der Waals surface area contributed by atoms with Crippen LogP contribution in [0.5, 0.6) is 0 Å². The highest BCUT2D eigenvalue weighted by Crippen LogP contribution is 2.33. The molecule has 1 aliphatic carbocycles. The number of hydrogen-bond donors (Lipinski definition) is 1. The third-order valence-electron chi connectivity index (χ3n) is 8.62. The van der Waals surface area contributed by atoms with E-state index in [4.69, 9.17) is 4.74 Å². The fourth-order valence-corrected chi connectivity index (χ4v) is 6.39. The summed E-state index contributed by atoms with van der Waals surface area (Å²) in [6.07, 6.45) is 6.44. The maximum absolute atomic E-state index is 15.6. The zero-order valence-corrected chi connectivity index (χ0v) is 25.4. The number of aliphatic hydroxyl groups is 1. The highest BCUT2D eigenvalue weighted by atomic mass is 19.1. The highest BCUT2D eigenvalue weighted by Gasteiger charge is 2.33. The van der Waals surface area contributed by atoms with Crippen molar-refractivity contribution in [2.45, 2.75) is 103 Å². The van der Waals surface area contributed by atoms with Crippen LogP contribution in [0, 0.1) is 17.1 Å². The van der Waals surface area contributed by atoms with Crippen molar-refractivity contribution >= 4 is 5.78 Å². The molecule has 2 heterocycles. The number of aromatic nitrogens is 4. The summed E-state index contributed by atoms with van der Waals surface area (Å²) in [6.45, 7) is 7.60. The van der Waals surface area contributed by atoms with Gasteiger partial charge in [-0.2, -0.15) is 15.3 Å². The molecule has 0 amide bonds. The molecule has 8 nitrogen and oxygen atoms in total. The molecule has 2 aromatic heterocycles. The normalized spacial score (nSPS) is 18.1. The summed E-state index contributed by atoms with van der Waals surface area (Å²) in [7, 11) is 0. The Hall–Kier alpha value is -3.87. The van der Waals surface area contributed by atoms with Crippen molar-refractivity contribution in [1.82, 2.24) is 19.2 Å². The smallest absolute Gasteiger partial charge is 0.259 e. The SMILES string of the molecule is CCCc1c(Cc2ccc(-c3ccccc3C#N)cc2F)c(=O)n([C@H]2CC[C@H](OC(CC)C(C)(C)O)CC2)c2ncnn12. The predicted octanol–water partition coefficient (Wildman–Crippen LogP) is 6.16.